The number of nitrogens with two attached hydrogens (primary N) is 1. The van der Waals surface area contributed by atoms with E-state index in [4.69, 9.17) is 5.73 Å². The Morgan fingerprint density at radius 2 is 1.72 bits per heavy atom. The minimum atomic E-state index is -0.165. The number of nitrogens with zero attached hydrogens (tertiary/aromatic N) is 4. The fraction of sp³-hybridized carbons (Fsp3) is 0.263. The maximum absolute atomic E-state index is 6.70. The van der Waals surface area contributed by atoms with Crippen LogP contribution < -0.4 is 16.0 Å². The maximum atomic E-state index is 6.70. The highest BCUT2D eigenvalue weighted by Crippen LogP contribution is 2.36. The first-order valence-corrected chi connectivity index (χ1v) is 8.39. The Kier molecular flexibility index (Phi) is 3.89. The van der Waals surface area contributed by atoms with Crippen LogP contribution in [0.15, 0.2) is 60.9 Å². The molecule has 0 aliphatic carbocycles. The number of rotatable bonds is 3. The summed E-state index contributed by atoms with van der Waals surface area (Å²) < 4.78 is 1.88. The molecule has 1 aromatic heterocycles. The van der Waals surface area contributed by atoms with Crippen LogP contribution in [0.2, 0.25) is 0 Å². The molecule has 0 spiro atoms. The molecule has 3 atom stereocenters. The first kappa shape index (κ1) is 15.7. The molecule has 0 unspecified atom stereocenters. The lowest BCUT2D eigenvalue weighted by Gasteiger charge is -2.37. The second-order valence-electron chi connectivity index (χ2n) is 6.57. The summed E-state index contributed by atoms with van der Waals surface area (Å²) in [6.45, 7) is 0. The van der Waals surface area contributed by atoms with E-state index in [1.165, 1.54) is 0 Å². The van der Waals surface area contributed by atoms with Crippen molar-refractivity contribution in [3.05, 3.63) is 72.1 Å². The largest absolute Gasteiger partial charge is 0.378 e. The van der Waals surface area contributed by atoms with Crippen molar-refractivity contribution in [3.8, 4) is 0 Å². The van der Waals surface area contributed by atoms with Crippen LogP contribution in [0.4, 0.5) is 11.6 Å². The molecule has 0 radical (unpaired) electrons. The summed E-state index contributed by atoms with van der Waals surface area (Å²) in [6.07, 6.45) is 1.57. The Labute approximate surface area is 147 Å². The van der Waals surface area contributed by atoms with Crippen molar-refractivity contribution in [2.45, 2.75) is 18.1 Å². The zero-order chi connectivity index (χ0) is 17.4. The first-order chi connectivity index (χ1) is 12.1. The number of hydrogen-bond donors (Lipinski definition) is 2. The predicted octanol–water partition coefficient (Wildman–Crippen LogP) is 2.43. The lowest BCUT2D eigenvalue weighted by Crippen LogP contribution is -2.46. The highest BCUT2D eigenvalue weighted by Gasteiger charge is 2.37. The average Bonchev–Trinajstić information content (AvgIpc) is 3.10. The van der Waals surface area contributed by atoms with Crippen LogP contribution in [-0.2, 0) is 0 Å². The SMILES string of the molecule is CN(C)c1ccc([C@H]2Nc3ncnn3[C@@H](c3ccccc3)[C@H]2N)cc1. The topological polar surface area (TPSA) is 72.0 Å². The number of aromatic nitrogens is 3. The number of benzene rings is 2. The molecule has 128 valence electrons. The van der Waals surface area contributed by atoms with Crippen LogP contribution in [0.1, 0.15) is 23.2 Å². The van der Waals surface area contributed by atoms with Gasteiger partial charge in [-0.2, -0.15) is 10.1 Å². The van der Waals surface area contributed by atoms with Crippen molar-refractivity contribution in [2.24, 2.45) is 5.73 Å². The van der Waals surface area contributed by atoms with Gasteiger partial charge in [0.05, 0.1) is 18.1 Å². The molecule has 25 heavy (non-hydrogen) atoms. The van der Waals surface area contributed by atoms with E-state index in [1.807, 2.05) is 37.0 Å². The molecule has 1 aliphatic heterocycles. The minimum Gasteiger partial charge on any atom is -0.378 e. The van der Waals surface area contributed by atoms with Crippen molar-refractivity contribution in [3.63, 3.8) is 0 Å². The molecule has 3 N–H and O–H groups in total. The highest BCUT2D eigenvalue weighted by atomic mass is 15.4. The van der Waals surface area contributed by atoms with Gasteiger partial charge in [-0.1, -0.05) is 42.5 Å². The predicted molar refractivity (Wildman–Crippen MR) is 99.7 cm³/mol. The third-order valence-electron chi connectivity index (χ3n) is 4.78. The molecule has 0 fully saturated rings. The fourth-order valence-corrected chi connectivity index (χ4v) is 3.44. The van der Waals surface area contributed by atoms with Gasteiger partial charge in [-0.3, -0.25) is 0 Å². The number of anilines is 2. The van der Waals surface area contributed by atoms with E-state index in [2.05, 4.69) is 56.7 Å². The highest BCUT2D eigenvalue weighted by molar-refractivity contribution is 5.49. The van der Waals surface area contributed by atoms with Gasteiger partial charge in [0.2, 0.25) is 5.95 Å². The van der Waals surface area contributed by atoms with Gasteiger partial charge in [-0.25, -0.2) is 4.68 Å². The van der Waals surface area contributed by atoms with E-state index < -0.39 is 0 Å². The summed E-state index contributed by atoms with van der Waals surface area (Å²) in [5, 5.41) is 7.83. The van der Waals surface area contributed by atoms with Crippen molar-refractivity contribution in [2.75, 3.05) is 24.3 Å². The van der Waals surface area contributed by atoms with Crippen LogP contribution in [0.5, 0.6) is 0 Å². The number of fused-ring (bicyclic) bond motifs is 1. The van der Waals surface area contributed by atoms with Crippen LogP contribution in [0.3, 0.4) is 0 Å². The third-order valence-corrected chi connectivity index (χ3v) is 4.78. The Hall–Kier alpha value is -2.86. The molecule has 0 saturated carbocycles. The van der Waals surface area contributed by atoms with E-state index in [-0.39, 0.29) is 18.1 Å². The lowest BCUT2D eigenvalue weighted by molar-refractivity contribution is 0.371. The molecule has 0 saturated heterocycles. The van der Waals surface area contributed by atoms with Crippen molar-refractivity contribution in [1.29, 1.82) is 0 Å². The van der Waals surface area contributed by atoms with Gasteiger partial charge in [0.25, 0.3) is 0 Å². The zero-order valence-electron chi connectivity index (χ0n) is 14.4. The van der Waals surface area contributed by atoms with Gasteiger partial charge in [0, 0.05) is 19.8 Å². The summed E-state index contributed by atoms with van der Waals surface area (Å²) in [6, 6.07) is 18.5. The minimum absolute atomic E-state index is 0.0295. The van der Waals surface area contributed by atoms with Gasteiger partial charge >= 0.3 is 0 Å². The normalized spacial score (nSPS) is 22.1. The molecule has 6 nitrogen and oxygen atoms in total. The van der Waals surface area contributed by atoms with Crippen LogP contribution in [-0.4, -0.2) is 34.9 Å². The Balaban J connectivity index is 1.73. The summed E-state index contributed by atoms with van der Waals surface area (Å²) >= 11 is 0. The van der Waals surface area contributed by atoms with E-state index in [0.717, 1.165) is 22.8 Å². The van der Waals surface area contributed by atoms with Gasteiger partial charge in [0.1, 0.15) is 6.33 Å². The quantitative estimate of drug-likeness (QED) is 0.770. The van der Waals surface area contributed by atoms with Gasteiger partial charge < -0.3 is 16.0 Å². The van der Waals surface area contributed by atoms with E-state index in [0.29, 0.717) is 0 Å². The molecule has 2 heterocycles. The molecule has 3 aromatic rings. The molecule has 0 bridgehead atoms. The van der Waals surface area contributed by atoms with E-state index in [9.17, 15) is 0 Å². The fourth-order valence-electron chi connectivity index (χ4n) is 3.44. The summed E-state index contributed by atoms with van der Waals surface area (Å²) in [4.78, 5) is 6.45. The molecular weight excluding hydrogens is 312 g/mol. The summed E-state index contributed by atoms with van der Waals surface area (Å²) in [5.74, 6) is 0.747. The standard InChI is InChI=1S/C19H22N6/c1-24(2)15-10-8-13(9-11-15)17-16(20)18(14-6-4-3-5-7-14)25-19(23-17)21-12-22-25/h3-12,16-18H,20H2,1-2H3,(H,21,22,23)/t16-,17+,18-/m0/s1. The van der Waals surface area contributed by atoms with Gasteiger partial charge in [0.15, 0.2) is 0 Å². The van der Waals surface area contributed by atoms with Crippen LogP contribution in [0.25, 0.3) is 0 Å². The van der Waals surface area contributed by atoms with E-state index in [1.54, 1.807) is 6.33 Å². The molecule has 6 heteroatoms. The second kappa shape index (κ2) is 6.22. The average molecular weight is 334 g/mol. The summed E-state index contributed by atoms with van der Waals surface area (Å²) in [7, 11) is 4.07. The number of hydrogen-bond acceptors (Lipinski definition) is 5. The zero-order valence-corrected chi connectivity index (χ0v) is 14.4. The maximum Gasteiger partial charge on any atom is 0.222 e. The molecule has 4 rings (SSSR count). The second-order valence-corrected chi connectivity index (χ2v) is 6.57. The first-order valence-electron chi connectivity index (χ1n) is 8.39. The molecule has 0 amide bonds. The summed E-state index contributed by atoms with van der Waals surface area (Å²) in [5.41, 5.74) is 10.1. The lowest BCUT2D eigenvalue weighted by atomic mass is 9.89. The van der Waals surface area contributed by atoms with Crippen molar-refractivity contribution in [1.82, 2.24) is 14.8 Å². The van der Waals surface area contributed by atoms with Gasteiger partial charge in [-0.15, -0.1) is 0 Å². The number of nitrogens with one attached hydrogen (secondary N) is 1. The molecular formula is C19H22N6. The van der Waals surface area contributed by atoms with Crippen molar-refractivity contribution < 1.29 is 0 Å². The van der Waals surface area contributed by atoms with Gasteiger partial charge in [-0.05, 0) is 23.3 Å². The Morgan fingerprint density at radius 1 is 1.00 bits per heavy atom. The Bertz CT molecular complexity index is 840. The smallest absolute Gasteiger partial charge is 0.222 e. The van der Waals surface area contributed by atoms with Crippen LogP contribution >= 0.6 is 0 Å². The molecule has 1 aliphatic rings. The van der Waals surface area contributed by atoms with Crippen LogP contribution in [0, 0.1) is 0 Å². The monoisotopic (exact) mass is 334 g/mol. The molecule has 2 aromatic carbocycles. The third kappa shape index (κ3) is 2.74. The van der Waals surface area contributed by atoms with Crippen molar-refractivity contribution >= 4 is 11.6 Å². The Morgan fingerprint density at radius 3 is 2.40 bits per heavy atom. The van der Waals surface area contributed by atoms with E-state index >= 15 is 0 Å².